The van der Waals surface area contributed by atoms with Crippen LogP contribution in [0.5, 0.6) is 0 Å². The van der Waals surface area contributed by atoms with Crippen LogP contribution in [0.15, 0.2) is 48.5 Å². The van der Waals surface area contributed by atoms with Crippen molar-refractivity contribution in [2.45, 2.75) is 12.3 Å². The Kier molecular flexibility index (Phi) is 3.90. The highest BCUT2D eigenvalue weighted by Crippen LogP contribution is 2.28. The van der Waals surface area contributed by atoms with Crippen LogP contribution in [0.2, 0.25) is 5.02 Å². The number of aromatic nitrogens is 1. The molecule has 21 heavy (non-hydrogen) atoms. The van der Waals surface area contributed by atoms with Crippen LogP contribution < -0.4 is 0 Å². The number of carbonyl (C=O) groups is 1. The van der Waals surface area contributed by atoms with E-state index in [2.05, 4.69) is 4.98 Å². The molecule has 0 aliphatic heterocycles. The molecule has 1 heterocycles. The summed E-state index contributed by atoms with van der Waals surface area (Å²) in [6, 6.07) is 14.8. The van der Waals surface area contributed by atoms with Gasteiger partial charge in [-0.15, -0.1) is 11.3 Å². The minimum absolute atomic E-state index is 0.385. The third kappa shape index (κ3) is 3.06. The Morgan fingerprint density at radius 1 is 1.19 bits per heavy atom. The molecule has 0 amide bonds. The number of rotatable bonds is 4. The van der Waals surface area contributed by atoms with E-state index in [-0.39, 0.29) is 0 Å². The lowest BCUT2D eigenvalue weighted by molar-refractivity contribution is -0.138. The number of nitrogens with zero attached hydrogens (tertiary/aromatic N) is 1. The molecule has 0 radical (unpaired) electrons. The summed E-state index contributed by atoms with van der Waals surface area (Å²) in [6.07, 6.45) is 0.385. The lowest BCUT2D eigenvalue weighted by Crippen LogP contribution is -2.14. The van der Waals surface area contributed by atoms with E-state index < -0.39 is 11.9 Å². The lowest BCUT2D eigenvalue weighted by atomic mass is 9.96. The fourth-order valence-electron chi connectivity index (χ4n) is 2.22. The number of fused-ring (bicyclic) bond motifs is 1. The topological polar surface area (TPSA) is 50.2 Å². The molecular formula is C16H12ClNO2S. The van der Waals surface area contributed by atoms with E-state index in [1.165, 1.54) is 0 Å². The molecule has 106 valence electrons. The molecule has 3 nitrogen and oxygen atoms in total. The van der Waals surface area contributed by atoms with Gasteiger partial charge in [0.25, 0.3) is 0 Å². The van der Waals surface area contributed by atoms with Crippen molar-refractivity contribution in [2.75, 3.05) is 0 Å². The number of halogens is 1. The van der Waals surface area contributed by atoms with Gasteiger partial charge in [-0.3, -0.25) is 4.79 Å². The van der Waals surface area contributed by atoms with Crippen LogP contribution in [-0.2, 0) is 11.2 Å². The quantitative estimate of drug-likeness (QED) is 0.777. The largest absolute Gasteiger partial charge is 0.481 e. The average molecular weight is 318 g/mol. The van der Waals surface area contributed by atoms with E-state index in [1.807, 2.05) is 24.3 Å². The zero-order valence-corrected chi connectivity index (χ0v) is 12.6. The second kappa shape index (κ2) is 5.84. The Bertz CT molecular complexity index is 749. The van der Waals surface area contributed by atoms with Gasteiger partial charge in [-0.1, -0.05) is 35.9 Å². The summed E-state index contributed by atoms with van der Waals surface area (Å²) in [7, 11) is 0. The number of para-hydroxylation sites is 1. The molecule has 3 rings (SSSR count). The molecule has 1 aromatic heterocycles. The van der Waals surface area contributed by atoms with E-state index >= 15 is 0 Å². The molecule has 2 aromatic carbocycles. The highest BCUT2D eigenvalue weighted by molar-refractivity contribution is 7.18. The Labute approximate surface area is 130 Å². The van der Waals surface area contributed by atoms with Gasteiger partial charge >= 0.3 is 5.97 Å². The molecule has 1 atom stereocenters. The maximum atomic E-state index is 11.5. The summed E-state index contributed by atoms with van der Waals surface area (Å²) in [5, 5.41) is 10.9. The van der Waals surface area contributed by atoms with Gasteiger partial charge in [-0.05, 0) is 29.8 Å². The smallest absolute Gasteiger partial charge is 0.311 e. The predicted octanol–water partition coefficient (Wildman–Crippen LogP) is 4.36. The maximum Gasteiger partial charge on any atom is 0.311 e. The Balaban J connectivity index is 1.91. The van der Waals surface area contributed by atoms with E-state index in [0.717, 1.165) is 20.8 Å². The van der Waals surface area contributed by atoms with Crippen molar-refractivity contribution < 1.29 is 9.90 Å². The molecule has 0 aliphatic rings. The molecule has 1 unspecified atom stereocenters. The van der Waals surface area contributed by atoms with Gasteiger partial charge in [0.2, 0.25) is 0 Å². The number of benzene rings is 2. The Morgan fingerprint density at radius 3 is 2.57 bits per heavy atom. The summed E-state index contributed by atoms with van der Waals surface area (Å²) in [5.74, 6) is -1.46. The van der Waals surface area contributed by atoms with Crippen molar-refractivity contribution in [3.05, 3.63) is 64.1 Å². The SMILES string of the molecule is O=C(O)C(Cc1nc2ccccc2s1)c1ccc(Cl)cc1. The minimum Gasteiger partial charge on any atom is -0.481 e. The van der Waals surface area contributed by atoms with E-state index in [4.69, 9.17) is 11.6 Å². The van der Waals surface area contributed by atoms with Crippen LogP contribution in [0.1, 0.15) is 16.5 Å². The number of carboxylic acid groups (broad SMARTS) is 1. The van der Waals surface area contributed by atoms with Crippen LogP contribution in [0.25, 0.3) is 10.2 Å². The number of aliphatic carboxylic acids is 1. The molecule has 3 aromatic rings. The zero-order valence-electron chi connectivity index (χ0n) is 11.0. The molecule has 1 N–H and O–H groups in total. The molecule has 0 saturated heterocycles. The highest BCUT2D eigenvalue weighted by Gasteiger charge is 2.22. The number of hydrogen-bond donors (Lipinski definition) is 1. The predicted molar refractivity (Wildman–Crippen MR) is 85.2 cm³/mol. The third-order valence-corrected chi connectivity index (χ3v) is 4.60. The molecule has 0 bridgehead atoms. The van der Waals surface area contributed by atoms with Gasteiger partial charge in [-0.2, -0.15) is 0 Å². The van der Waals surface area contributed by atoms with Gasteiger partial charge < -0.3 is 5.11 Å². The van der Waals surface area contributed by atoms with E-state index in [9.17, 15) is 9.90 Å². The zero-order chi connectivity index (χ0) is 14.8. The second-order valence-electron chi connectivity index (χ2n) is 4.72. The normalized spacial score (nSPS) is 12.4. The van der Waals surface area contributed by atoms with Gasteiger partial charge in [-0.25, -0.2) is 4.98 Å². The molecule has 0 spiro atoms. The van der Waals surface area contributed by atoms with Gasteiger partial charge in [0.15, 0.2) is 0 Å². The number of thiazole rings is 1. The van der Waals surface area contributed by atoms with Gasteiger partial charge in [0.05, 0.1) is 21.1 Å². The standard InChI is InChI=1S/C16H12ClNO2S/c17-11-7-5-10(6-8-11)12(16(19)20)9-15-18-13-3-1-2-4-14(13)21-15/h1-8,12H,9H2,(H,19,20). The van der Waals surface area contributed by atoms with E-state index in [1.54, 1.807) is 35.6 Å². The molecule has 0 aliphatic carbocycles. The average Bonchev–Trinajstić information content (AvgIpc) is 2.88. The first-order valence-corrected chi connectivity index (χ1v) is 7.65. The summed E-state index contributed by atoms with van der Waals surface area (Å²) < 4.78 is 1.08. The lowest BCUT2D eigenvalue weighted by Gasteiger charge is -2.11. The minimum atomic E-state index is -0.850. The molecule has 0 saturated carbocycles. The maximum absolute atomic E-state index is 11.5. The molecule has 0 fully saturated rings. The van der Waals surface area contributed by atoms with Crippen LogP contribution in [0.4, 0.5) is 0 Å². The monoisotopic (exact) mass is 317 g/mol. The van der Waals surface area contributed by atoms with Crippen molar-refractivity contribution in [1.82, 2.24) is 4.98 Å². The van der Waals surface area contributed by atoms with Crippen LogP contribution in [0, 0.1) is 0 Å². The fourth-order valence-corrected chi connectivity index (χ4v) is 3.36. The summed E-state index contributed by atoms with van der Waals surface area (Å²) in [6.45, 7) is 0. The highest BCUT2D eigenvalue weighted by atomic mass is 35.5. The summed E-state index contributed by atoms with van der Waals surface area (Å²) in [5.41, 5.74) is 1.66. The van der Waals surface area contributed by atoms with Gasteiger partial charge in [0.1, 0.15) is 0 Å². The Hall–Kier alpha value is -1.91. The first-order valence-electron chi connectivity index (χ1n) is 6.46. The van der Waals surface area contributed by atoms with Crippen molar-refractivity contribution in [3.8, 4) is 0 Å². The summed E-state index contributed by atoms with van der Waals surface area (Å²) >= 11 is 7.39. The third-order valence-electron chi connectivity index (χ3n) is 3.29. The molecule has 5 heteroatoms. The molecular weight excluding hydrogens is 306 g/mol. The van der Waals surface area contributed by atoms with E-state index in [0.29, 0.717) is 11.4 Å². The van der Waals surface area contributed by atoms with Crippen molar-refractivity contribution in [3.63, 3.8) is 0 Å². The fraction of sp³-hybridized carbons (Fsp3) is 0.125. The van der Waals surface area contributed by atoms with Crippen molar-refractivity contribution in [1.29, 1.82) is 0 Å². The summed E-state index contributed by atoms with van der Waals surface area (Å²) in [4.78, 5) is 16.1. The van der Waals surface area contributed by atoms with Crippen molar-refractivity contribution >= 4 is 39.1 Å². The Morgan fingerprint density at radius 2 is 1.90 bits per heavy atom. The van der Waals surface area contributed by atoms with Crippen LogP contribution >= 0.6 is 22.9 Å². The first kappa shape index (κ1) is 14.0. The first-order chi connectivity index (χ1) is 10.1. The second-order valence-corrected chi connectivity index (χ2v) is 6.27. The number of carboxylic acids is 1. The van der Waals surface area contributed by atoms with Crippen molar-refractivity contribution in [2.24, 2.45) is 0 Å². The number of hydrogen-bond acceptors (Lipinski definition) is 3. The van der Waals surface area contributed by atoms with Crippen LogP contribution in [0.3, 0.4) is 0 Å². The van der Waals surface area contributed by atoms with Crippen LogP contribution in [-0.4, -0.2) is 16.1 Å². The van der Waals surface area contributed by atoms with Gasteiger partial charge in [0, 0.05) is 11.4 Å².